The summed E-state index contributed by atoms with van der Waals surface area (Å²) in [5.74, 6) is -0.442. The molecule has 2 aromatic carbocycles. The Kier molecular flexibility index (Phi) is 5.78. The van der Waals surface area contributed by atoms with Crippen molar-refractivity contribution in [3.63, 3.8) is 0 Å². The molecule has 5 rings (SSSR count). The second-order valence-electron chi connectivity index (χ2n) is 8.19. The first-order chi connectivity index (χ1) is 16.1. The number of carbonyl (C=O) groups excluding carboxylic acids is 1. The Bertz CT molecular complexity index is 1150. The molecular weight excluding hydrogens is 423 g/mol. The molecule has 9 heteroatoms. The molecule has 2 heterocycles. The number of morpholine rings is 1. The van der Waals surface area contributed by atoms with Crippen molar-refractivity contribution in [2.45, 2.75) is 12.6 Å². The van der Waals surface area contributed by atoms with Crippen molar-refractivity contribution in [1.29, 1.82) is 0 Å². The number of aromatic nitrogens is 2. The number of nitrogens with one attached hydrogen (secondary N) is 2. The summed E-state index contributed by atoms with van der Waals surface area (Å²) in [7, 11) is 0. The molecule has 0 bridgehead atoms. The predicted molar refractivity (Wildman–Crippen MR) is 126 cm³/mol. The van der Waals surface area contributed by atoms with E-state index >= 15 is 0 Å². The van der Waals surface area contributed by atoms with E-state index < -0.39 is 12.1 Å². The molecule has 2 fully saturated rings. The molecule has 3 aromatic rings. The van der Waals surface area contributed by atoms with Crippen LogP contribution in [0.1, 0.15) is 6.42 Å². The highest BCUT2D eigenvalue weighted by atomic mass is 19.1. The maximum absolute atomic E-state index is 13.1. The van der Waals surface area contributed by atoms with E-state index in [1.807, 2.05) is 18.2 Å². The maximum atomic E-state index is 13.1. The molecule has 1 saturated carbocycles. The van der Waals surface area contributed by atoms with E-state index in [0.717, 1.165) is 43.2 Å². The van der Waals surface area contributed by atoms with Gasteiger partial charge in [0, 0.05) is 36.2 Å². The van der Waals surface area contributed by atoms with Crippen LogP contribution in [0.25, 0.3) is 11.3 Å². The summed E-state index contributed by atoms with van der Waals surface area (Å²) in [6.45, 7) is 3.27. The van der Waals surface area contributed by atoms with Crippen LogP contribution in [0.2, 0.25) is 0 Å². The summed E-state index contributed by atoms with van der Waals surface area (Å²) in [4.78, 5) is 23.2. The van der Waals surface area contributed by atoms with E-state index in [9.17, 15) is 9.18 Å². The zero-order valence-electron chi connectivity index (χ0n) is 18.0. The van der Waals surface area contributed by atoms with E-state index in [1.165, 1.54) is 0 Å². The summed E-state index contributed by atoms with van der Waals surface area (Å²) in [5, 5.41) is 5.92. The molecule has 1 amide bonds. The molecule has 33 heavy (non-hydrogen) atoms. The first kappa shape index (κ1) is 21.1. The molecule has 0 spiro atoms. The van der Waals surface area contributed by atoms with Crippen LogP contribution in [0.3, 0.4) is 0 Å². The van der Waals surface area contributed by atoms with Gasteiger partial charge >= 0.3 is 0 Å². The quantitative estimate of drug-likeness (QED) is 0.495. The molecule has 0 radical (unpaired) electrons. The second kappa shape index (κ2) is 9.03. The van der Waals surface area contributed by atoms with Crippen LogP contribution < -0.4 is 21.3 Å². The lowest BCUT2D eigenvalue weighted by atomic mass is 10.1. The number of nitrogen functional groups attached to an aromatic ring is 1. The summed E-state index contributed by atoms with van der Waals surface area (Å²) in [5.41, 5.74) is 10.5. The van der Waals surface area contributed by atoms with Crippen molar-refractivity contribution in [3.8, 4) is 11.3 Å². The highest BCUT2D eigenvalue weighted by Crippen LogP contribution is 2.35. The summed E-state index contributed by atoms with van der Waals surface area (Å²) < 4.78 is 18.5. The monoisotopic (exact) mass is 448 g/mol. The zero-order valence-corrected chi connectivity index (χ0v) is 18.0. The molecule has 1 aromatic heterocycles. The van der Waals surface area contributed by atoms with Crippen molar-refractivity contribution >= 4 is 34.6 Å². The number of nitrogens with two attached hydrogens (primary N) is 1. The first-order valence-corrected chi connectivity index (χ1v) is 10.9. The minimum absolute atomic E-state index is 0.274. The van der Waals surface area contributed by atoms with E-state index in [0.29, 0.717) is 23.0 Å². The van der Waals surface area contributed by atoms with Gasteiger partial charge in [0.1, 0.15) is 6.17 Å². The second-order valence-corrected chi connectivity index (χ2v) is 8.19. The van der Waals surface area contributed by atoms with Gasteiger partial charge in [0.15, 0.2) is 0 Å². The van der Waals surface area contributed by atoms with Gasteiger partial charge in [-0.2, -0.15) is 0 Å². The van der Waals surface area contributed by atoms with Gasteiger partial charge in [-0.05, 0) is 48.9 Å². The number of hydrogen-bond donors (Lipinski definition) is 3. The molecule has 170 valence electrons. The fraction of sp³-hybridized carbons (Fsp3) is 0.292. The molecular formula is C24H25FN6O2. The van der Waals surface area contributed by atoms with Crippen LogP contribution in [0, 0.1) is 5.92 Å². The summed E-state index contributed by atoms with van der Waals surface area (Å²) in [6, 6.07) is 15.2. The Morgan fingerprint density at radius 2 is 1.88 bits per heavy atom. The molecule has 1 saturated heterocycles. The first-order valence-electron chi connectivity index (χ1n) is 10.9. The lowest BCUT2D eigenvalue weighted by Crippen LogP contribution is -2.36. The Hall–Kier alpha value is -3.72. The van der Waals surface area contributed by atoms with Crippen LogP contribution in [-0.4, -0.2) is 48.4 Å². The Morgan fingerprint density at radius 1 is 1.12 bits per heavy atom. The van der Waals surface area contributed by atoms with Gasteiger partial charge in [-0.1, -0.05) is 6.07 Å². The fourth-order valence-electron chi connectivity index (χ4n) is 3.78. The fourth-order valence-corrected chi connectivity index (χ4v) is 3.78. The normalized spacial score (nSPS) is 19.7. The van der Waals surface area contributed by atoms with Gasteiger partial charge in [-0.25, -0.2) is 14.4 Å². The lowest BCUT2D eigenvalue weighted by Gasteiger charge is -2.28. The average Bonchev–Trinajstić information content (AvgIpc) is 3.58. The number of hydrogen-bond acceptors (Lipinski definition) is 7. The third-order valence-electron chi connectivity index (χ3n) is 5.81. The average molecular weight is 449 g/mol. The minimum Gasteiger partial charge on any atom is -0.397 e. The molecule has 1 aliphatic heterocycles. The Morgan fingerprint density at radius 3 is 2.58 bits per heavy atom. The predicted octanol–water partition coefficient (Wildman–Crippen LogP) is 3.60. The van der Waals surface area contributed by atoms with Crippen molar-refractivity contribution in [2.24, 2.45) is 5.92 Å². The van der Waals surface area contributed by atoms with Gasteiger partial charge in [0.25, 0.3) is 0 Å². The highest BCUT2D eigenvalue weighted by Gasteiger charge is 2.43. The number of alkyl halides is 1. The van der Waals surface area contributed by atoms with Crippen molar-refractivity contribution in [2.75, 3.05) is 47.6 Å². The van der Waals surface area contributed by atoms with Crippen LogP contribution in [0.5, 0.6) is 0 Å². The summed E-state index contributed by atoms with van der Waals surface area (Å²) in [6.07, 6.45) is 0.900. The number of anilines is 5. The topological polar surface area (TPSA) is 105 Å². The van der Waals surface area contributed by atoms with Gasteiger partial charge < -0.3 is 26.0 Å². The zero-order chi connectivity index (χ0) is 22.8. The molecule has 8 nitrogen and oxygen atoms in total. The third-order valence-corrected chi connectivity index (χ3v) is 5.81. The van der Waals surface area contributed by atoms with Gasteiger partial charge in [0.05, 0.1) is 36.2 Å². The van der Waals surface area contributed by atoms with Gasteiger partial charge in [0.2, 0.25) is 11.9 Å². The number of nitrogens with zero attached hydrogens (tertiary/aromatic N) is 3. The third kappa shape index (κ3) is 4.88. The van der Waals surface area contributed by atoms with Crippen LogP contribution in [0.15, 0.2) is 54.7 Å². The van der Waals surface area contributed by atoms with Gasteiger partial charge in [-0.3, -0.25) is 4.79 Å². The molecule has 2 atom stereocenters. The van der Waals surface area contributed by atoms with Gasteiger partial charge in [-0.15, -0.1) is 0 Å². The van der Waals surface area contributed by atoms with E-state index in [4.69, 9.17) is 10.5 Å². The van der Waals surface area contributed by atoms with Crippen molar-refractivity contribution in [3.05, 3.63) is 54.7 Å². The number of amides is 1. The number of carbonyl (C=O) groups is 1. The molecule has 1 unspecified atom stereocenters. The van der Waals surface area contributed by atoms with Crippen molar-refractivity contribution < 1.29 is 13.9 Å². The van der Waals surface area contributed by atoms with E-state index in [2.05, 4.69) is 37.6 Å². The highest BCUT2D eigenvalue weighted by molar-refractivity contribution is 5.97. The number of rotatable bonds is 6. The van der Waals surface area contributed by atoms with Crippen molar-refractivity contribution in [1.82, 2.24) is 9.97 Å². The van der Waals surface area contributed by atoms with E-state index in [-0.39, 0.29) is 12.3 Å². The van der Waals surface area contributed by atoms with Crippen LogP contribution in [0.4, 0.5) is 33.1 Å². The minimum atomic E-state index is -1.05. The Balaban J connectivity index is 1.27. The smallest absolute Gasteiger partial charge is 0.230 e. The molecule has 2 aliphatic rings. The molecule has 4 N–H and O–H groups in total. The maximum Gasteiger partial charge on any atom is 0.230 e. The number of ether oxygens (including phenoxy) is 1. The van der Waals surface area contributed by atoms with Crippen LogP contribution >= 0.6 is 0 Å². The number of halogens is 1. The summed E-state index contributed by atoms with van der Waals surface area (Å²) >= 11 is 0. The SMILES string of the molecule is Nc1cc(-c2ccnc(Nc3ccc(N4CCOCC4)cc3)n2)ccc1NC(=O)C1C[C@@H]1F. The lowest BCUT2D eigenvalue weighted by molar-refractivity contribution is -0.117. The largest absolute Gasteiger partial charge is 0.397 e. The van der Waals surface area contributed by atoms with Crippen LogP contribution in [-0.2, 0) is 9.53 Å². The number of benzene rings is 2. The Labute approximate surface area is 191 Å². The molecule has 1 aliphatic carbocycles. The van der Waals surface area contributed by atoms with E-state index in [1.54, 1.807) is 24.4 Å². The standard InChI is InChI=1S/C24H25FN6O2/c25-19-14-18(19)23(32)29-22-6-1-15(13-20(22)26)21-7-8-27-24(30-21)28-16-2-4-17(5-3-16)31-9-11-33-12-10-31/h1-8,13,18-19H,9-12,14,26H2,(H,29,32)(H,27,28,30)/t18?,19-/m0/s1.